The molecule has 2 heterocycles. The van der Waals surface area contributed by atoms with E-state index >= 15 is 0 Å². The maximum Gasteiger partial charge on any atom is 0.410 e. The summed E-state index contributed by atoms with van der Waals surface area (Å²) in [4.78, 5) is 53.5. The molecular weight excluding hydrogens is 434 g/mol. The number of ketones is 1. The zero-order chi connectivity index (χ0) is 24.2. The molecule has 2 aliphatic heterocycles. The van der Waals surface area contributed by atoms with E-state index in [1.807, 2.05) is 6.07 Å². The van der Waals surface area contributed by atoms with Gasteiger partial charge in [-0.15, -0.1) is 0 Å². The molecule has 4 rings (SSSR count). The van der Waals surface area contributed by atoms with Crippen LogP contribution in [0.5, 0.6) is 0 Å². The highest BCUT2D eigenvalue weighted by Gasteiger charge is 2.46. The number of carbonyl (C=O) groups excluding carboxylic acids is 4. The van der Waals surface area contributed by atoms with Crippen LogP contribution in [-0.2, 0) is 19.1 Å². The summed E-state index contributed by atoms with van der Waals surface area (Å²) in [6.07, 6.45) is 4.34. The molecule has 1 saturated carbocycles. The molecule has 8 heteroatoms. The fourth-order valence-electron chi connectivity index (χ4n) is 5.40. The molecule has 1 aromatic rings. The molecule has 1 aromatic carbocycles. The molecule has 184 valence electrons. The van der Waals surface area contributed by atoms with Gasteiger partial charge < -0.3 is 19.9 Å². The summed E-state index contributed by atoms with van der Waals surface area (Å²) < 4.78 is 5.24. The lowest BCUT2D eigenvalue weighted by Crippen LogP contribution is -2.48. The molecule has 0 spiro atoms. The van der Waals surface area contributed by atoms with Gasteiger partial charge in [0.15, 0.2) is 0 Å². The third-order valence-corrected chi connectivity index (χ3v) is 7.33. The van der Waals surface area contributed by atoms with E-state index in [4.69, 9.17) is 4.74 Å². The van der Waals surface area contributed by atoms with Crippen LogP contribution >= 0.6 is 0 Å². The third kappa shape index (κ3) is 5.42. The summed E-state index contributed by atoms with van der Waals surface area (Å²) in [7, 11) is 0. The average molecular weight is 470 g/mol. The normalized spacial score (nSPS) is 26.1. The molecule has 0 radical (unpaired) electrons. The van der Waals surface area contributed by atoms with E-state index in [9.17, 15) is 19.2 Å². The van der Waals surface area contributed by atoms with Gasteiger partial charge in [0.1, 0.15) is 5.92 Å². The van der Waals surface area contributed by atoms with Crippen molar-refractivity contribution in [1.29, 1.82) is 0 Å². The van der Waals surface area contributed by atoms with Crippen LogP contribution in [0, 0.1) is 5.92 Å². The van der Waals surface area contributed by atoms with Gasteiger partial charge in [-0.05, 0) is 63.9 Å². The maximum atomic E-state index is 12.9. The molecule has 1 aliphatic carbocycles. The van der Waals surface area contributed by atoms with Crippen LogP contribution in [0.15, 0.2) is 30.3 Å². The summed E-state index contributed by atoms with van der Waals surface area (Å²) in [6, 6.07) is 10.3. The van der Waals surface area contributed by atoms with Gasteiger partial charge in [-0.3, -0.25) is 14.4 Å². The summed E-state index contributed by atoms with van der Waals surface area (Å²) >= 11 is 0. The third-order valence-electron chi connectivity index (χ3n) is 7.33. The minimum absolute atomic E-state index is 0.0413. The number of nitrogens with zero attached hydrogens (tertiary/aromatic N) is 2. The second-order valence-electron chi connectivity index (χ2n) is 9.99. The van der Waals surface area contributed by atoms with Crippen LogP contribution in [-0.4, -0.2) is 71.3 Å². The van der Waals surface area contributed by atoms with Crippen LogP contribution in [0.4, 0.5) is 4.79 Å². The van der Waals surface area contributed by atoms with Gasteiger partial charge in [0.25, 0.3) is 5.91 Å². The van der Waals surface area contributed by atoms with E-state index in [-0.39, 0.29) is 36.7 Å². The standard InChI is InChI=1S/C26H35N3O5/c1-17(2)34-26(33)28-14-12-21(13-15-28)29-16-22(23(30)25(29)32)24(31)27-20-10-8-19(9-11-20)18-6-4-3-5-7-18/h3-7,17,19-22H,8-16H2,1-2H3,(H,27,31). The Bertz CT molecular complexity index is 902. The second-order valence-corrected chi connectivity index (χ2v) is 9.99. The Morgan fingerprint density at radius 3 is 2.24 bits per heavy atom. The van der Waals surface area contributed by atoms with E-state index in [0.29, 0.717) is 31.8 Å². The molecule has 34 heavy (non-hydrogen) atoms. The molecule has 3 aliphatic rings. The summed E-state index contributed by atoms with van der Waals surface area (Å²) in [5.41, 5.74) is 1.34. The molecule has 3 fully saturated rings. The minimum Gasteiger partial charge on any atom is -0.447 e. The predicted octanol–water partition coefficient (Wildman–Crippen LogP) is 2.87. The second kappa shape index (κ2) is 10.6. The van der Waals surface area contributed by atoms with Gasteiger partial charge in [0.2, 0.25) is 11.7 Å². The Morgan fingerprint density at radius 1 is 0.971 bits per heavy atom. The lowest BCUT2D eigenvalue weighted by Gasteiger charge is -2.36. The fourth-order valence-corrected chi connectivity index (χ4v) is 5.40. The van der Waals surface area contributed by atoms with Crippen LogP contribution in [0.1, 0.15) is 63.9 Å². The number of hydrogen-bond acceptors (Lipinski definition) is 5. The Morgan fingerprint density at radius 2 is 1.62 bits per heavy atom. The number of piperidine rings is 1. The summed E-state index contributed by atoms with van der Waals surface area (Å²) in [6.45, 7) is 4.67. The zero-order valence-electron chi connectivity index (χ0n) is 20.1. The van der Waals surface area contributed by atoms with Crippen molar-refractivity contribution < 1.29 is 23.9 Å². The monoisotopic (exact) mass is 469 g/mol. The average Bonchev–Trinajstić information content (AvgIpc) is 3.14. The predicted molar refractivity (Wildman–Crippen MR) is 126 cm³/mol. The van der Waals surface area contributed by atoms with E-state index in [1.54, 1.807) is 23.6 Å². The summed E-state index contributed by atoms with van der Waals surface area (Å²) in [5, 5.41) is 3.04. The van der Waals surface area contributed by atoms with Crippen molar-refractivity contribution in [2.24, 2.45) is 5.92 Å². The van der Waals surface area contributed by atoms with E-state index in [2.05, 4.69) is 29.6 Å². The largest absolute Gasteiger partial charge is 0.447 e. The number of likely N-dealkylation sites (tertiary alicyclic amines) is 2. The van der Waals surface area contributed by atoms with Crippen molar-refractivity contribution in [2.75, 3.05) is 19.6 Å². The van der Waals surface area contributed by atoms with Crippen molar-refractivity contribution in [3.05, 3.63) is 35.9 Å². The Hall–Kier alpha value is -2.90. The SMILES string of the molecule is CC(C)OC(=O)N1CCC(N2CC(C(=O)NC3CCC(c4ccccc4)CC3)C(=O)C2=O)CC1. The van der Waals surface area contributed by atoms with Crippen LogP contribution in [0.25, 0.3) is 0 Å². The molecular formula is C26H35N3O5. The van der Waals surface area contributed by atoms with Gasteiger partial charge in [0, 0.05) is 31.7 Å². The van der Waals surface area contributed by atoms with Gasteiger partial charge in [-0.1, -0.05) is 30.3 Å². The first-order chi connectivity index (χ1) is 16.3. The summed E-state index contributed by atoms with van der Waals surface area (Å²) in [5.74, 6) is -1.96. The van der Waals surface area contributed by atoms with Gasteiger partial charge in [-0.2, -0.15) is 0 Å². The van der Waals surface area contributed by atoms with Crippen molar-refractivity contribution in [2.45, 2.75) is 76.5 Å². The maximum absolute atomic E-state index is 12.9. The molecule has 1 unspecified atom stereocenters. The number of rotatable bonds is 5. The van der Waals surface area contributed by atoms with E-state index in [0.717, 1.165) is 25.7 Å². The van der Waals surface area contributed by atoms with Gasteiger partial charge >= 0.3 is 6.09 Å². The van der Waals surface area contributed by atoms with Crippen molar-refractivity contribution in [1.82, 2.24) is 15.1 Å². The minimum atomic E-state index is -0.941. The highest BCUT2D eigenvalue weighted by atomic mass is 16.6. The number of Topliss-reactive ketones (excluding diaryl/α,β-unsaturated/α-hetero) is 1. The Kier molecular flexibility index (Phi) is 7.54. The molecule has 0 aromatic heterocycles. The van der Waals surface area contributed by atoms with Crippen LogP contribution in [0.2, 0.25) is 0 Å². The first-order valence-electron chi connectivity index (χ1n) is 12.5. The highest BCUT2D eigenvalue weighted by Crippen LogP contribution is 2.33. The molecule has 1 N–H and O–H groups in total. The van der Waals surface area contributed by atoms with Crippen LogP contribution < -0.4 is 5.32 Å². The quantitative estimate of drug-likeness (QED) is 0.528. The fraction of sp³-hybridized carbons (Fsp3) is 0.615. The smallest absolute Gasteiger partial charge is 0.410 e. The number of carbonyl (C=O) groups is 4. The number of ether oxygens (including phenoxy) is 1. The first-order valence-corrected chi connectivity index (χ1v) is 12.5. The number of amides is 3. The lowest BCUT2D eigenvalue weighted by molar-refractivity contribution is -0.143. The number of nitrogens with one attached hydrogen (secondary N) is 1. The van der Waals surface area contributed by atoms with Crippen LogP contribution in [0.3, 0.4) is 0 Å². The van der Waals surface area contributed by atoms with Gasteiger partial charge in [-0.25, -0.2) is 4.79 Å². The Labute approximate surface area is 201 Å². The zero-order valence-corrected chi connectivity index (χ0v) is 20.1. The number of benzene rings is 1. The highest BCUT2D eigenvalue weighted by molar-refractivity contribution is 6.42. The molecule has 8 nitrogen and oxygen atoms in total. The van der Waals surface area contributed by atoms with E-state index < -0.39 is 17.6 Å². The topological polar surface area (TPSA) is 96.0 Å². The van der Waals surface area contributed by atoms with Gasteiger partial charge in [0.05, 0.1) is 6.10 Å². The van der Waals surface area contributed by atoms with E-state index in [1.165, 1.54) is 5.56 Å². The first kappa shape index (κ1) is 24.2. The Balaban J connectivity index is 1.26. The van der Waals surface area contributed by atoms with Crippen molar-refractivity contribution in [3.8, 4) is 0 Å². The molecule has 1 atom stereocenters. The lowest BCUT2D eigenvalue weighted by atomic mass is 9.81. The van der Waals surface area contributed by atoms with Crippen molar-refractivity contribution in [3.63, 3.8) is 0 Å². The number of hydrogen-bond donors (Lipinski definition) is 1. The molecule has 3 amide bonds. The molecule has 0 bridgehead atoms. The molecule has 2 saturated heterocycles. The van der Waals surface area contributed by atoms with Crippen molar-refractivity contribution >= 4 is 23.7 Å².